The molecule has 2 aliphatic rings. The van der Waals surface area contributed by atoms with Crippen LogP contribution in [-0.4, -0.2) is 0 Å². The average molecular weight is 841 g/mol. The van der Waals surface area contributed by atoms with Crippen LogP contribution in [0.5, 0.6) is 0 Å². The molecule has 0 N–H and O–H groups in total. The number of allylic oxidation sites excluding steroid dienone is 4. The molecule has 8 aromatic carbocycles. The van der Waals surface area contributed by atoms with Gasteiger partial charge in [0.15, 0.2) is 0 Å². The van der Waals surface area contributed by atoms with Gasteiger partial charge in [0.25, 0.3) is 0 Å². The van der Waals surface area contributed by atoms with Crippen molar-refractivity contribution in [2.24, 2.45) is 0 Å². The molecule has 8 aromatic rings. The second kappa shape index (κ2) is 16.0. The third kappa shape index (κ3) is 6.70. The van der Waals surface area contributed by atoms with Crippen LogP contribution in [0.25, 0.3) is 33.4 Å². The van der Waals surface area contributed by atoms with Crippen molar-refractivity contribution in [3.63, 3.8) is 0 Å². The number of benzene rings is 8. The number of hydrogen-bond acceptors (Lipinski definition) is 2. The van der Waals surface area contributed by atoms with Gasteiger partial charge in [-0.3, -0.25) is 0 Å². The fraction of sp³-hybridized carbons (Fsp3) is 0.143. The second-order valence-electron chi connectivity index (χ2n) is 18.3. The van der Waals surface area contributed by atoms with Crippen LogP contribution in [0.2, 0.25) is 0 Å². The molecule has 0 heterocycles. The Morgan fingerprint density at radius 2 is 0.738 bits per heavy atom. The smallest absolute Gasteiger partial charge is 0.0727 e. The minimum atomic E-state index is -0.647. The Morgan fingerprint density at radius 1 is 0.415 bits per heavy atom. The molecular formula is C63H56N2. The van der Waals surface area contributed by atoms with Crippen LogP contribution in [0.3, 0.4) is 0 Å². The molecule has 1 unspecified atom stereocenters. The van der Waals surface area contributed by atoms with Crippen LogP contribution in [0, 0.1) is 41.5 Å². The van der Waals surface area contributed by atoms with E-state index in [0.717, 1.165) is 45.3 Å². The van der Waals surface area contributed by atoms with E-state index in [0.29, 0.717) is 0 Å². The van der Waals surface area contributed by atoms with Gasteiger partial charge in [-0.1, -0.05) is 120 Å². The summed E-state index contributed by atoms with van der Waals surface area (Å²) >= 11 is 0. The summed E-state index contributed by atoms with van der Waals surface area (Å²) in [5, 5.41) is 0. The first-order valence-electron chi connectivity index (χ1n) is 22.8. The Bertz CT molecular complexity index is 2940. The molecule has 0 aromatic heterocycles. The predicted octanol–water partition coefficient (Wildman–Crippen LogP) is 17.4. The molecular weight excluding hydrogens is 785 g/mol. The molecule has 0 amide bonds. The second-order valence-corrected chi connectivity index (χ2v) is 18.3. The fourth-order valence-electron chi connectivity index (χ4n) is 10.5. The average Bonchev–Trinajstić information content (AvgIpc) is 3.75. The molecule has 0 bridgehead atoms. The summed E-state index contributed by atoms with van der Waals surface area (Å²) < 4.78 is 0. The largest absolute Gasteiger partial charge is 0.310 e. The van der Waals surface area contributed by atoms with E-state index in [4.69, 9.17) is 0 Å². The monoisotopic (exact) mass is 840 g/mol. The predicted molar refractivity (Wildman–Crippen MR) is 279 cm³/mol. The summed E-state index contributed by atoms with van der Waals surface area (Å²) in [6.07, 6.45) is 4.12. The standard InChI is InChI=1S/C63H56N2/c1-11-43(7)55-37-57-53-31-29-51(64(47-21-13-39(3)14-22-47)48-23-15-40(4)16-24-48)35-61(53)63(59(57)33-45(55)9)60-34-46(10)56(44(8)12-2)38-58(60)54-32-30-52(36-62(54)63)65(49-25-17-41(5)18-26-49)50-27-19-42(6)20-28-50/h11-38H,1,7H2,2-6,8-10H3. The first-order chi connectivity index (χ1) is 31.4. The first kappa shape index (κ1) is 41.6. The quantitative estimate of drug-likeness (QED) is 0.134. The molecule has 0 saturated carbocycles. The van der Waals surface area contributed by atoms with Gasteiger partial charge in [-0.25, -0.2) is 0 Å². The highest BCUT2D eigenvalue weighted by Gasteiger charge is 2.53. The zero-order chi connectivity index (χ0) is 45.3. The number of fused-ring (bicyclic) bond motifs is 10. The van der Waals surface area contributed by atoms with Gasteiger partial charge in [-0.2, -0.15) is 0 Å². The number of rotatable bonds is 9. The minimum Gasteiger partial charge on any atom is -0.310 e. The van der Waals surface area contributed by atoms with Crippen molar-refractivity contribution in [3.8, 4) is 22.3 Å². The van der Waals surface area contributed by atoms with Crippen molar-refractivity contribution < 1.29 is 0 Å². The highest BCUT2D eigenvalue weighted by Crippen LogP contribution is 2.65. The van der Waals surface area contributed by atoms with Gasteiger partial charge >= 0.3 is 0 Å². The maximum absolute atomic E-state index is 4.47. The van der Waals surface area contributed by atoms with Crippen molar-refractivity contribution in [1.82, 2.24) is 0 Å². The first-order valence-corrected chi connectivity index (χ1v) is 22.8. The molecule has 2 aliphatic carbocycles. The normalized spacial score (nSPS) is 14.4. The molecule has 0 fully saturated rings. The Kier molecular flexibility index (Phi) is 10.2. The van der Waals surface area contributed by atoms with Gasteiger partial charge in [0.1, 0.15) is 0 Å². The molecule has 10 rings (SSSR count). The van der Waals surface area contributed by atoms with Gasteiger partial charge in [-0.15, -0.1) is 0 Å². The van der Waals surface area contributed by atoms with Crippen molar-refractivity contribution in [2.45, 2.75) is 60.8 Å². The van der Waals surface area contributed by atoms with Crippen molar-refractivity contribution in [2.75, 3.05) is 9.80 Å². The molecule has 1 spiro atoms. The lowest BCUT2D eigenvalue weighted by atomic mass is 9.69. The number of anilines is 6. The van der Waals surface area contributed by atoms with Crippen molar-refractivity contribution in [3.05, 3.63) is 250 Å². The number of aryl methyl sites for hydroxylation is 6. The van der Waals surface area contributed by atoms with E-state index < -0.39 is 5.41 Å². The van der Waals surface area contributed by atoms with Crippen LogP contribution in [0.15, 0.2) is 183 Å². The lowest BCUT2D eigenvalue weighted by Gasteiger charge is -2.34. The van der Waals surface area contributed by atoms with Crippen molar-refractivity contribution >= 4 is 45.3 Å². The third-order valence-electron chi connectivity index (χ3n) is 14.1. The van der Waals surface area contributed by atoms with E-state index in [-0.39, 0.29) is 0 Å². The Hall–Kier alpha value is -7.42. The van der Waals surface area contributed by atoms with E-state index >= 15 is 0 Å². The summed E-state index contributed by atoms with van der Waals surface area (Å²) in [5.41, 5.74) is 28.2. The maximum Gasteiger partial charge on any atom is 0.0727 e. The maximum atomic E-state index is 4.47. The summed E-state index contributed by atoms with van der Waals surface area (Å²) in [5.74, 6) is 0. The highest BCUT2D eigenvalue weighted by molar-refractivity contribution is 5.99. The van der Waals surface area contributed by atoms with Gasteiger partial charge < -0.3 is 9.80 Å². The summed E-state index contributed by atoms with van der Waals surface area (Å²) in [4.78, 5) is 4.84. The van der Waals surface area contributed by atoms with E-state index in [1.54, 1.807) is 0 Å². The topological polar surface area (TPSA) is 6.48 Å². The van der Waals surface area contributed by atoms with E-state index in [2.05, 4.69) is 242 Å². The summed E-state index contributed by atoms with van der Waals surface area (Å²) in [6.45, 7) is 26.1. The number of hydrogen-bond donors (Lipinski definition) is 0. The molecule has 2 heteroatoms. The van der Waals surface area contributed by atoms with Crippen molar-refractivity contribution in [1.29, 1.82) is 0 Å². The van der Waals surface area contributed by atoms with Crippen LogP contribution in [-0.2, 0) is 5.41 Å². The van der Waals surface area contributed by atoms with Gasteiger partial charge in [0.05, 0.1) is 5.41 Å². The molecule has 0 aliphatic heterocycles. The third-order valence-corrected chi connectivity index (χ3v) is 14.1. The van der Waals surface area contributed by atoms with Crippen LogP contribution in [0.4, 0.5) is 34.1 Å². The van der Waals surface area contributed by atoms with Gasteiger partial charge in [0.2, 0.25) is 0 Å². The lowest BCUT2D eigenvalue weighted by Crippen LogP contribution is -2.27. The Morgan fingerprint density at radius 3 is 1.09 bits per heavy atom. The summed E-state index contributed by atoms with van der Waals surface area (Å²) in [6, 6.07) is 59.9. The molecule has 1 atom stereocenters. The Labute approximate surface area is 386 Å². The van der Waals surface area contributed by atoms with Crippen LogP contribution in [0.1, 0.15) is 80.6 Å². The molecule has 0 saturated heterocycles. The summed E-state index contributed by atoms with van der Waals surface area (Å²) in [7, 11) is 0. The minimum absolute atomic E-state index is 0.647. The number of nitrogens with zero attached hydrogens (tertiary/aromatic N) is 2. The van der Waals surface area contributed by atoms with E-state index in [1.165, 1.54) is 89.0 Å². The molecule has 2 nitrogen and oxygen atoms in total. The molecule has 318 valence electrons. The van der Waals surface area contributed by atoms with E-state index in [1.807, 2.05) is 6.08 Å². The molecule has 65 heavy (non-hydrogen) atoms. The Balaban J connectivity index is 1.33. The van der Waals surface area contributed by atoms with Gasteiger partial charge in [0, 0.05) is 34.1 Å². The zero-order valence-corrected chi connectivity index (χ0v) is 39.0. The van der Waals surface area contributed by atoms with Crippen LogP contribution >= 0.6 is 0 Å². The zero-order valence-electron chi connectivity index (χ0n) is 39.0. The SMILES string of the molecule is C=CC(=C)c1cc2c(cc1C)C1(c3cc(N(c4ccc(C)cc4)c4ccc(C)cc4)ccc3-2)c2cc(N(c3ccc(C)cc3)c3ccc(C)cc3)ccc2-c2cc(C(C)=CC)c(C)cc21. The van der Waals surface area contributed by atoms with Crippen LogP contribution < -0.4 is 9.80 Å². The lowest BCUT2D eigenvalue weighted by molar-refractivity contribution is 0.791. The highest BCUT2D eigenvalue weighted by atomic mass is 15.1. The van der Waals surface area contributed by atoms with E-state index in [9.17, 15) is 0 Å². The molecule has 0 radical (unpaired) electrons. The fourth-order valence-corrected chi connectivity index (χ4v) is 10.5. The van der Waals surface area contributed by atoms with Gasteiger partial charge in [-0.05, 0) is 218 Å².